The van der Waals surface area contributed by atoms with Gasteiger partial charge < -0.3 is 9.73 Å². The number of carbonyl (C=O) groups is 1. The van der Waals surface area contributed by atoms with Crippen LogP contribution in [0.5, 0.6) is 0 Å². The van der Waals surface area contributed by atoms with E-state index < -0.39 is 0 Å². The molecule has 4 heteroatoms. The molecule has 2 atom stereocenters. The highest BCUT2D eigenvalue weighted by Gasteiger charge is 2.46. The molecule has 1 aliphatic heterocycles. The molecule has 0 aromatic carbocycles. The summed E-state index contributed by atoms with van der Waals surface area (Å²) in [4.78, 5) is 14.8. The van der Waals surface area contributed by atoms with E-state index in [-0.39, 0.29) is 23.3 Å². The molecule has 1 aliphatic carbocycles. The SMILES string of the molecule is CC(C)(CNC(=O)C1CC1c1ccco1)N1CCCCC1. The number of amides is 1. The predicted molar refractivity (Wildman–Crippen MR) is 82.1 cm³/mol. The monoisotopic (exact) mass is 290 g/mol. The third-order valence-electron chi connectivity index (χ3n) is 4.94. The van der Waals surface area contributed by atoms with E-state index >= 15 is 0 Å². The van der Waals surface area contributed by atoms with E-state index in [9.17, 15) is 4.79 Å². The molecule has 1 amide bonds. The van der Waals surface area contributed by atoms with Crippen molar-refractivity contribution in [2.45, 2.75) is 51.0 Å². The van der Waals surface area contributed by atoms with Gasteiger partial charge in [-0.15, -0.1) is 0 Å². The summed E-state index contributed by atoms with van der Waals surface area (Å²) in [6, 6.07) is 3.86. The van der Waals surface area contributed by atoms with Gasteiger partial charge in [0, 0.05) is 23.9 Å². The molecule has 21 heavy (non-hydrogen) atoms. The standard InChI is InChI=1S/C17H26N2O2/c1-17(2,19-8-4-3-5-9-19)12-18-16(20)14-11-13(14)15-7-6-10-21-15/h6-7,10,13-14H,3-5,8-9,11-12H2,1-2H3,(H,18,20). The normalized spacial score (nSPS) is 26.6. The number of nitrogens with one attached hydrogen (secondary N) is 1. The van der Waals surface area contributed by atoms with E-state index in [4.69, 9.17) is 4.42 Å². The smallest absolute Gasteiger partial charge is 0.223 e. The van der Waals surface area contributed by atoms with Crippen molar-refractivity contribution in [2.75, 3.05) is 19.6 Å². The van der Waals surface area contributed by atoms with Gasteiger partial charge in [0.05, 0.1) is 6.26 Å². The fraction of sp³-hybridized carbons (Fsp3) is 0.706. The predicted octanol–water partition coefficient (Wildman–Crippen LogP) is 2.76. The molecule has 2 unspecified atom stereocenters. The van der Waals surface area contributed by atoms with Crippen LogP contribution in [-0.2, 0) is 4.79 Å². The summed E-state index contributed by atoms with van der Waals surface area (Å²) in [5.74, 6) is 1.53. The Kier molecular flexibility index (Phi) is 4.07. The van der Waals surface area contributed by atoms with Crippen molar-refractivity contribution in [2.24, 2.45) is 5.92 Å². The lowest BCUT2D eigenvalue weighted by molar-refractivity contribution is -0.123. The topological polar surface area (TPSA) is 45.5 Å². The lowest BCUT2D eigenvalue weighted by Gasteiger charge is -2.41. The Morgan fingerprint density at radius 1 is 1.38 bits per heavy atom. The lowest BCUT2D eigenvalue weighted by atomic mass is 9.98. The van der Waals surface area contributed by atoms with Crippen LogP contribution in [0.4, 0.5) is 0 Å². The number of hydrogen-bond acceptors (Lipinski definition) is 3. The number of piperidine rings is 1. The van der Waals surface area contributed by atoms with Gasteiger partial charge in [0.15, 0.2) is 0 Å². The second kappa shape index (κ2) is 5.84. The van der Waals surface area contributed by atoms with Crippen LogP contribution in [0.3, 0.4) is 0 Å². The number of furan rings is 1. The summed E-state index contributed by atoms with van der Waals surface area (Å²) in [6.45, 7) is 7.50. The van der Waals surface area contributed by atoms with Crippen molar-refractivity contribution in [3.8, 4) is 0 Å². The molecule has 1 aromatic heterocycles. The van der Waals surface area contributed by atoms with Gasteiger partial charge in [-0.3, -0.25) is 9.69 Å². The van der Waals surface area contributed by atoms with E-state index in [2.05, 4.69) is 24.1 Å². The Balaban J connectivity index is 1.47. The van der Waals surface area contributed by atoms with Gasteiger partial charge in [-0.25, -0.2) is 0 Å². The molecule has 2 heterocycles. The molecule has 1 saturated carbocycles. The fourth-order valence-electron chi connectivity index (χ4n) is 3.35. The maximum absolute atomic E-state index is 12.3. The second-order valence-electron chi connectivity index (χ2n) is 7.04. The second-order valence-corrected chi connectivity index (χ2v) is 7.04. The minimum atomic E-state index is 0.0468. The van der Waals surface area contributed by atoms with Crippen molar-refractivity contribution in [3.05, 3.63) is 24.2 Å². The van der Waals surface area contributed by atoms with Crippen LogP contribution in [0.25, 0.3) is 0 Å². The molecule has 2 aliphatic rings. The highest BCUT2D eigenvalue weighted by Crippen LogP contribution is 2.47. The van der Waals surface area contributed by atoms with Gasteiger partial charge in [-0.05, 0) is 58.3 Å². The average Bonchev–Trinajstić information content (AvgIpc) is 3.11. The van der Waals surface area contributed by atoms with E-state index in [1.165, 1.54) is 19.3 Å². The maximum Gasteiger partial charge on any atom is 0.223 e. The van der Waals surface area contributed by atoms with Gasteiger partial charge in [0.2, 0.25) is 5.91 Å². The molecule has 4 nitrogen and oxygen atoms in total. The van der Waals surface area contributed by atoms with Gasteiger partial charge in [-0.1, -0.05) is 6.42 Å². The number of hydrogen-bond donors (Lipinski definition) is 1. The van der Waals surface area contributed by atoms with Crippen molar-refractivity contribution >= 4 is 5.91 Å². The molecule has 0 radical (unpaired) electrons. The first kappa shape index (κ1) is 14.6. The van der Waals surface area contributed by atoms with Crippen LogP contribution < -0.4 is 5.32 Å². The molecule has 0 bridgehead atoms. The van der Waals surface area contributed by atoms with Crippen molar-refractivity contribution < 1.29 is 9.21 Å². The molecule has 1 N–H and O–H groups in total. The average molecular weight is 290 g/mol. The first-order chi connectivity index (χ1) is 10.1. The van der Waals surface area contributed by atoms with Crippen LogP contribution in [-0.4, -0.2) is 36.0 Å². The summed E-state index contributed by atoms with van der Waals surface area (Å²) in [5, 5.41) is 3.15. The number of rotatable bonds is 5. The molecule has 1 aromatic rings. The molecule has 1 saturated heterocycles. The third kappa shape index (κ3) is 3.31. The van der Waals surface area contributed by atoms with E-state index in [0.29, 0.717) is 0 Å². The van der Waals surface area contributed by atoms with Gasteiger partial charge >= 0.3 is 0 Å². The molecule has 3 rings (SSSR count). The van der Waals surface area contributed by atoms with Crippen LogP contribution in [0.2, 0.25) is 0 Å². The maximum atomic E-state index is 12.3. The van der Waals surface area contributed by atoms with E-state index in [0.717, 1.165) is 31.8 Å². The molecule has 0 spiro atoms. The number of nitrogens with zero attached hydrogens (tertiary/aromatic N) is 1. The van der Waals surface area contributed by atoms with E-state index in [1.54, 1.807) is 6.26 Å². The molecular formula is C17H26N2O2. The van der Waals surface area contributed by atoms with Crippen LogP contribution >= 0.6 is 0 Å². The zero-order valence-electron chi connectivity index (χ0n) is 13.1. The number of likely N-dealkylation sites (tertiary alicyclic amines) is 1. The van der Waals surface area contributed by atoms with Gasteiger partial charge in [0.1, 0.15) is 5.76 Å². The van der Waals surface area contributed by atoms with E-state index in [1.807, 2.05) is 12.1 Å². The third-order valence-corrected chi connectivity index (χ3v) is 4.94. The molecular weight excluding hydrogens is 264 g/mol. The Morgan fingerprint density at radius 2 is 2.14 bits per heavy atom. The summed E-state index contributed by atoms with van der Waals surface area (Å²) in [6.07, 6.45) is 6.50. The minimum Gasteiger partial charge on any atom is -0.469 e. The van der Waals surface area contributed by atoms with Crippen LogP contribution in [0.15, 0.2) is 22.8 Å². The molecule has 116 valence electrons. The minimum absolute atomic E-state index is 0.0468. The largest absolute Gasteiger partial charge is 0.469 e. The Hall–Kier alpha value is -1.29. The zero-order valence-corrected chi connectivity index (χ0v) is 13.1. The summed E-state index contributed by atoms with van der Waals surface area (Å²) >= 11 is 0. The zero-order chi connectivity index (χ0) is 14.9. The van der Waals surface area contributed by atoms with Crippen LogP contribution in [0, 0.1) is 5.92 Å². The van der Waals surface area contributed by atoms with Gasteiger partial charge in [-0.2, -0.15) is 0 Å². The first-order valence-corrected chi connectivity index (χ1v) is 8.14. The Bertz CT molecular complexity index is 475. The fourth-order valence-corrected chi connectivity index (χ4v) is 3.35. The summed E-state index contributed by atoms with van der Waals surface area (Å²) in [7, 11) is 0. The highest BCUT2D eigenvalue weighted by molar-refractivity contribution is 5.82. The molecule has 2 fully saturated rings. The lowest BCUT2D eigenvalue weighted by Crippen LogP contribution is -2.53. The Morgan fingerprint density at radius 3 is 2.81 bits per heavy atom. The number of carbonyl (C=O) groups excluding carboxylic acids is 1. The van der Waals surface area contributed by atoms with Gasteiger partial charge in [0.25, 0.3) is 0 Å². The first-order valence-electron chi connectivity index (χ1n) is 8.14. The summed E-state index contributed by atoms with van der Waals surface area (Å²) in [5.41, 5.74) is 0.0468. The quantitative estimate of drug-likeness (QED) is 0.907. The Labute approximate surface area is 126 Å². The van der Waals surface area contributed by atoms with Crippen molar-refractivity contribution in [3.63, 3.8) is 0 Å². The summed E-state index contributed by atoms with van der Waals surface area (Å²) < 4.78 is 5.39. The van der Waals surface area contributed by atoms with Crippen molar-refractivity contribution in [1.29, 1.82) is 0 Å². The highest BCUT2D eigenvalue weighted by atomic mass is 16.3. The van der Waals surface area contributed by atoms with Crippen molar-refractivity contribution in [1.82, 2.24) is 10.2 Å². The van der Waals surface area contributed by atoms with Crippen LogP contribution in [0.1, 0.15) is 51.2 Å².